The molecule has 4 heteroatoms. The summed E-state index contributed by atoms with van der Waals surface area (Å²) in [5.41, 5.74) is 6.06. The van der Waals surface area contributed by atoms with Gasteiger partial charge in [0.05, 0.1) is 0 Å². The fraction of sp³-hybridized carbons (Fsp3) is 0.700. The quantitative estimate of drug-likeness (QED) is 0.259. The zero-order chi connectivity index (χ0) is 33.0. The van der Waals surface area contributed by atoms with E-state index in [1.54, 1.807) is 0 Å². The number of fused-ring (bicyclic) bond motifs is 2. The molecule has 0 aliphatic carbocycles. The monoisotopic (exact) mass is 622 g/mol. The summed E-state index contributed by atoms with van der Waals surface area (Å²) in [6, 6.07) is 9.09. The molecule has 2 bridgehead atoms. The van der Waals surface area contributed by atoms with Gasteiger partial charge in [-0.2, -0.15) is 0 Å². The molecule has 0 radical (unpaired) electrons. The highest BCUT2D eigenvalue weighted by Crippen LogP contribution is 2.53. The zero-order valence-corrected chi connectivity index (χ0v) is 30.8. The van der Waals surface area contributed by atoms with Gasteiger partial charge in [0.25, 0.3) is 0 Å². The molecule has 3 nitrogen and oxygen atoms in total. The summed E-state index contributed by atoms with van der Waals surface area (Å²) in [4.78, 5) is 0. The molecule has 0 aromatic heterocycles. The lowest BCUT2D eigenvalue weighted by Gasteiger charge is -2.33. The molecule has 2 aliphatic rings. The van der Waals surface area contributed by atoms with Crippen molar-refractivity contribution in [2.24, 2.45) is 0 Å². The van der Waals surface area contributed by atoms with Crippen LogP contribution in [0.25, 0.3) is 0 Å². The smallest absolute Gasteiger partial charge is 0.123 e. The summed E-state index contributed by atoms with van der Waals surface area (Å²) < 4.78 is 14.5. The van der Waals surface area contributed by atoms with E-state index in [2.05, 4.69) is 107 Å². The Morgan fingerprint density at radius 1 is 0.545 bits per heavy atom. The van der Waals surface area contributed by atoms with E-state index in [-0.39, 0.29) is 44.0 Å². The van der Waals surface area contributed by atoms with Crippen LogP contribution in [0.15, 0.2) is 24.3 Å². The van der Waals surface area contributed by atoms with Crippen molar-refractivity contribution in [3.05, 3.63) is 57.6 Å². The van der Waals surface area contributed by atoms with Gasteiger partial charge in [-0.05, 0) is 82.5 Å². The second kappa shape index (κ2) is 12.5. The van der Waals surface area contributed by atoms with Gasteiger partial charge in [0.2, 0.25) is 0 Å². The number of aromatic hydroxyl groups is 2. The van der Waals surface area contributed by atoms with Crippen LogP contribution in [0.2, 0.25) is 0 Å². The van der Waals surface area contributed by atoms with Crippen molar-refractivity contribution in [2.45, 2.75) is 178 Å². The van der Waals surface area contributed by atoms with Crippen LogP contribution < -0.4 is 0 Å². The maximum Gasteiger partial charge on any atom is 0.123 e. The predicted octanol–water partition coefficient (Wildman–Crippen LogP) is 10.8. The zero-order valence-electron chi connectivity index (χ0n) is 30.0. The molecule has 2 aromatic rings. The van der Waals surface area contributed by atoms with Crippen molar-refractivity contribution < 1.29 is 14.8 Å². The van der Waals surface area contributed by atoms with Crippen molar-refractivity contribution >= 4 is 11.2 Å². The third-order valence-electron chi connectivity index (χ3n) is 12.6. The van der Waals surface area contributed by atoms with E-state index in [4.69, 9.17) is 0 Å². The van der Waals surface area contributed by atoms with Crippen LogP contribution in [-0.2, 0) is 32.8 Å². The third-order valence-corrected chi connectivity index (χ3v) is 14.9. The van der Waals surface area contributed by atoms with Gasteiger partial charge in [0.15, 0.2) is 0 Å². The second-order valence-corrected chi connectivity index (χ2v) is 18.5. The molecule has 2 N–H and O–H groups in total. The fourth-order valence-electron chi connectivity index (χ4n) is 7.57. The molecule has 2 saturated heterocycles. The van der Waals surface area contributed by atoms with Gasteiger partial charge >= 0.3 is 0 Å². The minimum absolute atomic E-state index is 0.139. The van der Waals surface area contributed by atoms with Crippen molar-refractivity contribution in [3.63, 3.8) is 0 Å². The number of rotatable bonds is 10. The summed E-state index contributed by atoms with van der Waals surface area (Å²) in [5.74, 6) is 1.31. The van der Waals surface area contributed by atoms with Crippen LogP contribution in [0.1, 0.15) is 180 Å². The van der Waals surface area contributed by atoms with Gasteiger partial charge < -0.3 is 14.8 Å². The molecule has 2 aliphatic heterocycles. The molecular weight excluding hydrogens is 561 g/mol. The molecule has 4 rings (SSSR count). The summed E-state index contributed by atoms with van der Waals surface area (Å²) >= 11 is -0.951. The topological polar surface area (TPSA) is 63.5 Å². The van der Waals surface area contributed by atoms with Gasteiger partial charge in [-0.15, -0.1) is 0 Å². The molecule has 2 fully saturated rings. The molecule has 0 spiro atoms. The first-order valence-electron chi connectivity index (χ1n) is 17.5. The maximum atomic E-state index is 14.5. The number of phenols is 2. The van der Waals surface area contributed by atoms with Crippen molar-refractivity contribution in [2.75, 3.05) is 0 Å². The van der Waals surface area contributed by atoms with Crippen LogP contribution in [-0.4, -0.2) is 25.3 Å². The van der Waals surface area contributed by atoms with E-state index in [9.17, 15) is 14.8 Å². The fourth-order valence-corrected chi connectivity index (χ4v) is 9.99. The lowest BCUT2D eigenvalue weighted by molar-refractivity contribution is 0.395. The summed E-state index contributed by atoms with van der Waals surface area (Å²) in [6.07, 6.45) is 7.69. The molecular formula is C40H62O3S. The highest BCUT2D eigenvalue weighted by molar-refractivity contribution is 7.93. The first-order valence-corrected chi connectivity index (χ1v) is 18.8. The summed E-state index contributed by atoms with van der Waals surface area (Å²) in [7, 11) is 0. The van der Waals surface area contributed by atoms with E-state index in [0.29, 0.717) is 11.5 Å². The summed E-state index contributed by atoms with van der Waals surface area (Å²) in [6.45, 7) is 26.7. The minimum atomic E-state index is -0.951. The summed E-state index contributed by atoms with van der Waals surface area (Å²) in [5, 5.41) is 23.6. The van der Waals surface area contributed by atoms with Gasteiger partial charge in [0, 0.05) is 46.9 Å². The molecule has 4 atom stereocenters. The van der Waals surface area contributed by atoms with Crippen molar-refractivity contribution in [3.8, 4) is 11.5 Å². The number of phenolic OH excluding ortho intramolecular Hbond substituents is 2. The first-order chi connectivity index (χ1) is 20.4. The standard InChI is InChI=1S/C40H62O3S/c1-13-37(5,6)29-21-25(22-30(35(29)41)38(7,8)14-2)27-17-18-28(34-20-19-33(27)44(34)43)26-23-31(39(9,10)15-3)36(42)32(24-26)40(11,12)16-4/h21-24,27-28,33-34,41-42H,13-20H2,1-12H3. The highest BCUT2D eigenvalue weighted by Gasteiger charge is 2.51. The Bertz CT molecular complexity index is 1160. The van der Waals surface area contributed by atoms with Gasteiger partial charge in [0.1, 0.15) is 22.0 Å². The number of hydrogen-bond acceptors (Lipinski definition) is 3. The molecule has 2 heterocycles. The second-order valence-electron chi connectivity index (χ2n) is 16.7. The van der Waals surface area contributed by atoms with Crippen molar-refractivity contribution in [1.82, 2.24) is 0 Å². The molecule has 44 heavy (non-hydrogen) atoms. The van der Waals surface area contributed by atoms with E-state index in [1.165, 1.54) is 11.1 Å². The Labute approximate surface area is 272 Å². The first kappa shape index (κ1) is 35.2. The Morgan fingerprint density at radius 2 is 0.795 bits per heavy atom. The Balaban J connectivity index is 1.85. The van der Waals surface area contributed by atoms with Crippen LogP contribution in [0.3, 0.4) is 0 Å². The SMILES string of the molecule is CCC(C)(C)c1cc(C2CCC(c3cc(C(C)(C)CC)c(O)c(C(C)(C)CC)c3)C3CCC2[S+]3[O-])cc(C(C)(C)CC)c1O. The minimum Gasteiger partial charge on any atom is -0.616 e. The van der Waals surface area contributed by atoms with Crippen LogP contribution in [0.5, 0.6) is 11.5 Å². The number of benzene rings is 2. The largest absolute Gasteiger partial charge is 0.616 e. The van der Waals surface area contributed by atoms with Crippen LogP contribution in [0.4, 0.5) is 0 Å². The van der Waals surface area contributed by atoms with E-state index in [1.807, 2.05) is 0 Å². The van der Waals surface area contributed by atoms with Gasteiger partial charge in [-0.1, -0.05) is 107 Å². The molecule has 2 aromatic carbocycles. The van der Waals surface area contributed by atoms with Crippen molar-refractivity contribution in [1.29, 1.82) is 0 Å². The Morgan fingerprint density at radius 3 is 1.02 bits per heavy atom. The average molecular weight is 623 g/mol. The number of hydrogen-bond donors (Lipinski definition) is 2. The van der Waals surface area contributed by atoms with Crippen LogP contribution >= 0.6 is 0 Å². The van der Waals surface area contributed by atoms with Crippen LogP contribution in [0, 0.1) is 0 Å². The van der Waals surface area contributed by atoms with E-state index >= 15 is 0 Å². The van der Waals surface area contributed by atoms with Gasteiger partial charge in [-0.25, -0.2) is 0 Å². The van der Waals surface area contributed by atoms with Gasteiger partial charge in [-0.3, -0.25) is 0 Å². The average Bonchev–Trinajstić information content (AvgIpc) is 3.28. The van der Waals surface area contributed by atoms with E-state index < -0.39 is 11.2 Å². The highest BCUT2D eigenvalue weighted by atomic mass is 32.2. The third kappa shape index (κ3) is 6.20. The molecule has 0 amide bonds. The maximum absolute atomic E-state index is 14.5. The molecule has 0 saturated carbocycles. The lowest BCUT2D eigenvalue weighted by atomic mass is 9.71. The normalized spacial score (nSPS) is 24.9. The molecule has 246 valence electrons. The predicted molar refractivity (Wildman–Crippen MR) is 189 cm³/mol. The van der Waals surface area contributed by atoms with E-state index in [0.717, 1.165) is 73.6 Å². The Kier molecular flexibility index (Phi) is 10.0. The lowest BCUT2D eigenvalue weighted by Crippen LogP contribution is -2.29. The molecule has 4 unspecified atom stereocenters. The Hall–Kier alpha value is -1.65.